The fourth-order valence-electron chi connectivity index (χ4n) is 4.64. The van der Waals surface area contributed by atoms with Gasteiger partial charge in [-0.25, -0.2) is 0 Å². The Hall–Kier alpha value is -3.02. The number of hydrogen-bond acceptors (Lipinski definition) is 4. The second-order valence-electron chi connectivity index (χ2n) is 14.1. The second-order valence-corrected chi connectivity index (χ2v) is 14.1. The van der Waals surface area contributed by atoms with Gasteiger partial charge in [0.25, 0.3) is 0 Å². The number of benzene rings is 2. The number of carbonyl (C=O) groups excluding carboxylic acids is 2. The van der Waals surface area contributed by atoms with Crippen LogP contribution in [0.5, 0.6) is 11.5 Å². The normalized spacial score (nSPS) is 12.5. The number of aromatic hydroxyl groups is 2. The molecule has 216 valence electrons. The molecule has 0 aliphatic heterocycles. The molecule has 2 aromatic carbocycles. The van der Waals surface area contributed by atoms with Crippen molar-refractivity contribution >= 4 is 11.8 Å². The Kier molecular flexibility index (Phi) is 9.92. The van der Waals surface area contributed by atoms with Crippen molar-refractivity contribution in [1.29, 1.82) is 0 Å². The van der Waals surface area contributed by atoms with Gasteiger partial charge in [-0.05, 0) is 68.4 Å². The van der Waals surface area contributed by atoms with E-state index in [9.17, 15) is 19.8 Å². The van der Waals surface area contributed by atoms with Crippen molar-refractivity contribution in [2.45, 2.75) is 124 Å². The van der Waals surface area contributed by atoms with Crippen LogP contribution in [-0.4, -0.2) is 22.0 Å². The van der Waals surface area contributed by atoms with Gasteiger partial charge < -0.3 is 10.2 Å². The summed E-state index contributed by atoms with van der Waals surface area (Å²) in [6.07, 6.45) is 1.43. The summed E-state index contributed by atoms with van der Waals surface area (Å²) in [5.41, 5.74) is 9.81. The minimum absolute atomic E-state index is 0.159. The van der Waals surface area contributed by atoms with Crippen LogP contribution in [0, 0.1) is 0 Å². The lowest BCUT2D eigenvalue weighted by molar-refractivity contribution is -0.128. The van der Waals surface area contributed by atoms with Crippen LogP contribution in [0.2, 0.25) is 0 Å². The molecule has 0 aromatic heterocycles. The molecular weight excluding hydrogens is 488 g/mol. The Morgan fingerprint density at radius 2 is 0.974 bits per heavy atom. The third-order valence-electron chi connectivity index (χ3n) is 7.04. The van der Waals surface area contributed by atoms with E-state index in [-0.39, 0.29) is 46.8 Å². The molecule has 0 bridgehead atoms. The highest BCUT2D eigenvalue weighted by molar-refractivity contribution is 5.82. The number of phenolic OH excluding ortho intramolecular Hbond substituents is 2. The smallest absolute Gasteiger partial charge is 0.238 e. The van der Waals surface area contributed by atoms with E-state index in [2.05, 4.69) is 73.2 Å². The van der Waals surface area contributed by atoms with Gasteiger partial charge in [-0.3, -0.25) is 20.4 Å². The Morgan fingerprint density at radius 3 is 1.31 bits per heavy atom. The largest absolute Gasteiger partial charge is 0.507 e. The van der Waals surface area contributed by atoms with Crippen molar-refractivity contribution in [1.82, 2.24) is 10.9 Å². The summed E-state index contributed by atoms with van der Waals surface area (Å²) >= 11 is 0. The Labute approximate surface area is 235 Å². The number of nitrogens with one attached hydrogen (secondary N) is 2. The third kappa shape index (κ3) is 8.74. The first-order valence-corrected chi connectivity index (χ1v) is 14.0. The number of carbonyl (C=O) groups is 2. The Balaban J connectivity index is 2.01. The summed E-state index contributed by atoms with van der Waals surface area (Å²) in [5.74, 6) is 0.268. The average Bonchev–Trinajstić information content (AvgIpc) is 2.78. The highest BCUT2D eigenvalue weighted by Gasteiger charge is 2.27. The maximum Gasteiger partial charge on any atom is 0.238 e. The lowest BCUT2D eigenvalue weighted by Gasteiger charge is -2.28. The van der Waals surface area contributed by atoms with Crippen molar-refractivity contribution < 1.29 is 19.8 Å². The summed E-state index contributed by atoms with van der Waals surface area (Å²) < 4.78 is 0. The fraction of sp³-hybridized carbons (Fsp3) is 0.576. The van der Waals surface area contributed by atoms with Gasteiger partial charge >= 0.3 is 0 Å². The maximum absolute atomic E-state index is 12.5. The molecule has 0 heterocycles. The predicted molar refractivity (Wildman–Crippen MR) is 159 cm³/mol. The second kappa shape index (κ2) is 12.0. The zero-order chi connectivity index (χ0) is 29.9. The molecule has 2 aromatic rings. The van der Waals surface area contributed by atoms with E-state index in [1.807, 2.05) is 38.1 Å². The van der Waals surface area contributed by atoms with E-state index in [0.29, 0.717) is 24.3 Å². The van der Waals surface area contributed by atoms with Gasteiger partial charge in [0.05, 0.1) is 0 Å². The van der Waals surface area contributed by atoms with Crippen LogP contribution in [0.4, 0.5) is 0 Å². The summed E-state index contributed by atoms with van der Waals surface area (Å²) in [7, 11) is 0. The third-order valence-corrected chi connectivity index (χ3v) is 7.04. The predicted octanol–water partition coefficient (Wildman–Crippen LogP) is 6.83. The molecule has 0 atom stereocenters. The van der Waals surface area contributed by atoms with Crippen LogP contribution in [-0.2, 0) is 38.7 Å². The molecule has 0 unspecified atom stereocenters. The van der Waals surface area contributed by atoms with E-state index in [1.165, 1.54) is 0 Å². The Bertz CT molecular complexity index is 1160. The minimum Gasteiger partial charge on any atom is -0.507 e. The molecule has 6 heteroatoms. The lowest BCUT2D eigenvalue weighted by atomic mass is 9.78. The van der Waals surface area contributed by atoms with Gasteiger partial charge in [0.2, 0.25) is 11.8 Å². The molecule has 0 spiro atoms. The highest BCUT2D eigenvalue weighted by Crippen LogP contribution is 2.40. The van der Waals surface area contributed by atoms with Crippen LogP contribution < -0.4 is 10.9 Å². The van der Waals surface area contributed by atoms with Gasteiger partial charge in [0.1, 0.15) is 11.5 Å². The van der Waals surface area contributed by atoms with E-state index < -0.39 is 0 Å². The number of aryl methyl sites for hydroxylation is 2. The summed E-state index contributed by atoms with van der Waals surface area (Å²) in [6, 6.07) is 7.90. The van der Waals surface area contributed by atoms with Crippen LogP contribution in [0.25, 0.3) is 0 Å². The summed E-state index contributed by atoms with van der Waals surface area (Å²) in [6.45, 7) is 22.6. The molecule has 0 fully saturated rings. The SMILES string of the molecule is CC(C)c1cc(CCC(=O)NNC(=O)CCc2cc(C(C)(C)C)c(O)c(C(C)(C)C)c2)cc(C(C)(C)C)c1O. The first kappa shape index (κ1) is 32.2. The molecule has 6 nitrogen and oxygen atoms in total. The van der Waals surface area contributed by atoms with Crippen molar-refractivity contribution in [2.24, 2.45) is 0 Å². The number of rotatable bonds is 7. The van der Waals surface area contributed by atoms with Crippen molar-refractivity contribution in [3.05, 3.63) is 57.6 Å². The van der Waals surface area contributed by atoms with E-state index in [0.717, 1.165) is 33.4 Å². The molecule has 39 heavy (non-hydrogen) atoms. The van der Waals surface area contributed by atoms with E-state index in [1.54, 1.807) is 0 Å². The standard InChI is InChI=1S/C33H50N2O4/c1-20(2)23-16-21(17-24(29(23)38)31(3,4)5)12-14-27(36)34-35-28(37)15-13-22-18-25(32(6,7)8)30(39)26(19-22)33(9,10)11/h16-20,38-39H,12-15H2,1-11H3,(H,34,36)(H,35,37). The molecule has 4 N–H and O–H groups in total. The molecule has 0 saturated heterocycles. The summed E-state index contributed by atoms with van der Waals surface area (Å²) in [5, 5.41) is 21.7. The molecule has 0 radical (unpaired) electrons. The quantitative estimate of drug-likeness (QED) is 0.291. The van der Waals surface area contributed by atoms with Crippen molar-refractivity contribution in [2.75, 3.05) is 0 Å². The van der Waals surface area contributed by atoms with Gasteiger partial charge in [0, 0.05) is 12.8 Å². The molecule has 2 amide bonds. The lowest BCUT2D eigenvalue weighted by Crippen LogP contribution is -2.41. The number of phenols is 2. The van der Waals surface area contributed by atoms with Crippen LogP contribution in [0.1, 0.15) is 128 Å². The van der Waals surface area contributed by atoms with E-state index >= 15 is 0 Å². The van der Waals surface area contributed by atoms with Gasteiger partial charge in [0.15, 0.2) is 0 Å². The zero-order valence-corrected chi connectivity index (χ0v) is 25.9. The zero-order valence-electron chi connectivity index (χ0n) is 25.9. The van der Waals surface area contributed by atoms with Crippen LogP contribution >= 0.6 is 0 Å². The maximum atomic E-state index is 12.5. The first-order chi connectivity index (χ1) is 17.7. The van der Waals surface area contributed by atoms with Gasteiger partial charge in [-0.1, -0.05) is 100 Å². The van der Waals surface area contributed by atoms with Gasteiger partial charge in [-0.15, -0.1) is 0 Å². The highest BCUT2D eigenvalue weighted by atomic mass is 16.3. The monoisotopic (exact) mass is 538 g/mol. The topological polar surface area (TPSA) is 98.7 Å². The van der Waals surface area contributed by atoms with Gasteiger partial charge in [-0.2, -0.15) is 0 Å². The number of hydrogen-bond donors (Lipinski definition) is 4. The Morgan fingerprint density at radius 1 is 0.641 bits per heavy atom. The fourth-order valence-corrected chi connectivity index (χ4v) is 4.64. The van der Waals surface area contributed by atoms with Crippen molar-refractivity contribution in [3.63, 3.8) is 0 Å². The minimum atomic E-state index is -0.271. The summed E-state index contributed by atoms with van der Waals surface area (Å²) in [4.78, 5) is 25.0. The number of hydrazine groups is 1. The molecule has 2 rings (SSSR count). The molecular formula is C33H50N2O4. The van der Waals surface area contributed by atoms with Crippen LogP contribution in [0.15, 0.2) is 24.3 Å². The molecule has 0 aliphatic carbocycles. The molecule has 0 saturated carbocycles. The first-order valence-electron chi connectivity index (χ1n) is 14.0. The average molecular weight is 539 g/mol. The number of amides is 2. The van der Waals surface area contributed by atoms with Crippen LogP contribution in [0.3, 0.4) is 0 Å². The van der Waals surface area contributed by atoms with E-state index in [4.69, 9.17) is 0 Å². The molecule has 0 aliphatic rings. The van der Waals surface area contributed by atoms with Crippen molar-refractivity contribution in [3.8, 4) is 11.5 Å².